The molecule has 21 heavy (non-hydrogen) atoms. The van der Waals surface area contributed by atoms with Crippen molar-refractivity contribution in [2.45, 2.75) is 19.0 Å². The van der Waals surface area contributed by atoms with Crippen LogP contribution in [0.5, 0.6) is 0 Å². The lowest BCUT2D eigenvalue weighted by Gasteiger charge is -2.18. The minimum absolute atomic E-state index is 0.0767. The Morgan fingerprint density at radius 1 is 1.14 bits per heavy atom. The standard InChI is InChI=1S/C16H18FN3O/c17-14-8-6-12(7-9-14)11-19-15(10-16(18)20-21)13-4-2-1-3-5-13/h1-9,15,19,21H,10-11H2,(H2,18,20). The van der Waals surface area contributed by atoms with Gasteiger partial charge in [-0.1, -0.05) is 47.6 Å². The maximum Gasteiger partial charge on any atom is 0.141 e. The largest absolute Gasteiger partial charge is 0.409 e. The number of nitrogens with one attached hydrogen (secondary N) is 1. The van der Waals surface area contributed by atoms with Crippen LogP contribution < -0.4 is 11.1 Å². The zero-order chi connectivity index (χ0) is 15.1. The molecule has 4 N–H and O–H groups in total. The molecule has 0 heterocycles. The van der Waals surface area contributed by atoms with Gasteiger partial charge in [-0.2, -0.15) is 0 Å². The van der Waals surface area contributed by atoms with Crippen LogP contribution in [-0.2, 0) is 6.54 Å². The maximum atomic E-state index is 12.9. The molecule has 0 amide bonds. The molecule has 2 aromatic rings. The number of amidine groups is 1. The third kappa shape index (κ3) is 4.57. The van der Waals surface area contributed by atoms with Crippen molar-refractivity contribution in [3.05, 3.63) is 71.5 Å². The van der Waals surface area contributed by atoms with Crippen molar-refractivity contribution in [1.29, 1.82) is 0 Å². The Morgan fingerprint density at radius 3 is 2.43 bits per heavy atom. The summed E-state index contributed by atoms with van der Waals surface area (Å²) >= 11 is 0. The second-order valence-corrected chi connectivity index (χ2v) is 4.77. The van der Waals surface area contributed by atoms with Crippen LogP contribution in [0.25, 0.3) is 0 Å². The molecule has 1 unspecified atom stereocenters. The molecule has 5 heteroatoms. The molecule has 0 radical (unpaired) electrons. The second kappa shape index (κ2) is 7.40. The number of oxime groups is 1. The monoisotopic (exact) mass is 287 g/mol. The van der Waals surface area contributed by atoms with Gasteiger partial charge in [0.2, 0.25) is 0 Å². The summed E-state index contributed by atoms with van der Waals surface area (Å²) in [6, 6.07) is 16.0. The highest BCUT2D eigenvalue weighted by atomic mass is 19.1. The van der Waals surface area contributed by atoms with Crippen molar-refractivity contribution in [3.63, 3.8) is 0 Å². The molecular formula is C16H18FN3O. The highest BCUT2D eigenvalue weighted by Crippen LogP contribution is 2.17. The predicted octanol–water partition coefficient (Wildman–Crippen LogP) is 2.79. The van der Waals surface area contributed by atoms with Gasteiger partial charge in [-0.15, -0.1) is 0 Å². The SMILES string of the molecule is NC(CC(NCc1ccc(F)cc1)c1ccccc1)=NO. The Balaban J connectivity index is 2.07. The maximum absolute atomic E-state index is 12.9. The van der Waals surface area contributed by atoms with Crippen molar-refractivity contribution in [2.24, 2.45) is 10.9 Å². The minimum atomic E-state index is -0.255. The fourth-order valence-corrected chi connectivity index (χ4v) is 2.09. The number of rotatable bonds is 6. The molecule has 0 spiro atoms. The van der Waals surface area contributed by atoms with Crippen LogP contribution in [0.4, 0.5) is 4.39 Å². The van der Waals surface area contributed by atoms with Gasteiger partial charge in [0.1, 0.15) is 11.7 Å². The van der Waals surface area contributed by atoms with Crippen molar-refractivity contribution >= 4 is 5.84 Å². The number of hydrogen-bond acceptors (Lipinski definition) is 3. The zero-order valence-electron chi connectivity index (χ0n) is 11.5. The van der Waals surface area contributed by atoms with Crippen LogP contribution in [0.1, 0.15) is 23.6 Å². The minimum Gasteiger partial charge on any atom is -0.409 e. The fraction of sp³-hybridized carbons (Fsp3) is 0.188. The molecule has 1 atom stereocenters. The summed E-state index contributed by atoms with van der Waals surface area (Å²) in [6.45, 7) is 0.568. The lowest BCUT2D eigenvalue weighted by molar-refractivity contribution is 0.315. The quantitative estimate of drug-likeness (QED) is 0.331. The lowest BCUT2D eigenvalue weighted by Crippen LogP contribution is -2.26. The Hall–Kier alpha value is -2.40. The molecule has 0 aliphatic rings. The van der Waals surface area contributed by atoms with Crippen molar-refractivity contribution in [1.82, 2.24) is 5.32 Å². The van der Waals surface area contributed by atoms with E-state index in [1.54, 1.807) is 12.1 Å². The topological polar surface area (TPSA) is 70.6 Å². The second-order valence-electron chi connectivity index (χ2n) is 4.77. The van der Waals surface area contributed by atoms with E-state index in [9.17, 15) is 4.39 Å². The van der Waals surface area contributed by atoms with E-state index in [1.165, 1.54) is 12.1 Å². The van der Waals surface area contributed by atoms with E-state index < -0.39 is 0 Å². The van der Waals surface area contributed by atoms with Gasteiger partial charge in [0.25, 0.3) is 0 Å². The summed E-state index contributed by atoms with van der Waals surface area (Å²) in [5, 5.41) is 15.1. The van der Waals surface area contributed by atoms with Crippen LogP contribution in [0, 0.1) is 5.82 Å². The molecule has 2 aromatic carbocycles. The van der Waals surface area contributed by atoms with Crippen LogP contribution in [0.3, 0.4) is 0 Å². The third-order valence-corrected chi connectivity index (χ3v) is 3.21. The summed E-state index contributed by atoms with van der Waals surface area (Å²) in [4.78, 5) is 0. The lowest BCUT2D eigenvalue weighted by atomic mass is 10.0. The summed E-state index contributed by atoms with van der Waals surface area (Å²) in [6.07, 6.45) is 0.391. The van der Waals surface area contributed by atoms with Gasteiger partial charge in [0, 0.05) is 19.0 Å². The molecule has 0 aromatic heterocycles. The number of hydrogen-bond donors (Lipinski definition) is 3. The van der Waals surface area contributed by atoms with Crippen molar-refractivity contribution in [3.8, 4) is 0 Å². The molecule has 0 bridgehead atoms. The predicted molar refractivity (Wildman–Crippen MR) is 80.4 cm³/mol. The first kappa shape index (κ1) is 15.0. The first-order chi connectivity index (χ1) is 10.2. The fourth-order valence-electron chi connectivity index (χ4n) is 2.09. The van der Waals surface area contributed by atoms with Gasteiger partial charge in [-0.05, 0) is 23.3 Å². The van der Waals surface area contributed by atoms with E-state index in [0.29, 0.717) is 13.0 Å². The molecule has 110 valence electrons. The number of benzene rings is 2. The van der Waals surface area contributed by atoms with Gasteiger partial charge < -0.3 is 16.3 Å². The third-order valence-electron chi connectivity index (χ3n) is 3.21. The molecule has 0 aliphatic carbocycles. The van der Waals surface area contributed by atoms with Crippen LogP contribution in [-0.4, -0.2) is 11.0 Å². The number of nitrogens with zero attached hydrogens (tertiary/aromatic N) is 1. The van der Waals surface area contributed by atoms with Crippen molar-refractivity contribution < 1.29 is 9.60 Å². The summed E-state index contributed by atoms with van der Waals surface area (Å²) in [5.41, 5.74) is 7.63. The molecule has 4 nitrogen and oxygen atoms in total. The first-order valence-electron chi connectivity index (χ1n) is 6.68. The average molecular weight is 287 g/mol. The smallest absolute Gasteiger partial charge is 0.141 e. The van der Waals surface area contributed by atoms with Crippen LogP contribution >= 0.6 is 0 Å². The molecule has 2 rings (SSSR count). The van der Waals surface area contributed by atoms with Gasteiger partial charge in [0.05, 0.1) is 0 Å². The van der Waals surface area contributed by atoms with Gasteiger partial charge in [0.15, 0.2) is 0 Å². The molecule has 0 saturated carbocycles. The Morgan fingerprint density at radius 2 is 1.81 bits per heavy atom. The van der Waals surface area contributed by atoms with E-state index in [0.717, 1.165) is 11.1 Å². The Labute approximate surface area is 123 Å². The summed E-state index contributed by atoms with van der Waals surface area (Å²) < 4.78 is 12.9. The van der Waals surface area contributed by atoms with E-state index in [1.807, 2.05) is 30.3 Å². The Kier molecular flexibility index (Phi) is 5.29. The van der Waals surface area contributed by atoms with Crippen molar-refractivity contribution in [2.75, 3.05) is 0 Å². The van der Waals surface area contributed by atoms with E-state index in [-0.39, 0.29) is 17.7 Å². The highest BCUT2D eigenvalue weighted by molar-refractivity contribution is 5.80. The molecule has 0 aliphatic heterocycles. The normalized spacial score (nSPS) is 13.1. The van der Waals surface area contributed by atoms with E-state index >= 15 is 0 Å². The van der Waals surface area contributed by atoms with Gasteiger partial charge in [-0.25, -0.2) is 4.39 Å². The Bertz CT molecular complexity index is 584. The molecular weight excluding hydrogens is 269 g/mol. The first-order valence-corrected chi connectivity index (χ1v) is 6.68. The van der Waals surface area contributed by atoms with Gasteiger partial charge in [-0.3, -0.25) is 0 Å². The highest BCUT2D eigenvalue weighted by Gasteiger charge is 2.13. The van der Waals surface area contributed by atoms with E-state index in [2.05, 4.69) is 10.5 Å². The van der Waals surface area contributed by atoms with Crippen LogP contribution in [0.2, 0.25) is 0 Å². The molecule has 0 saturated heterocycles. The van der Waals surface area contributed by atoms with E-state index in [4.69, 9.17) is 10.9 Å². The van der Waals surface area contributed by atoms with Gasteiger partial charge >= 0.3 is 0 Å². The zero-order valence-corrected chi connectivity index (χ0v) is 11.5. The molecule has 0 fully saturated rings. The van der Waals surface area contributed by atoms with Crippen LogP contribution in [0.15, 0.2) is 59.8 Å². The summed E-state index contributed by atoms with van der Waals surface area (Å²) in [5.74, 6) is -0.0922. The average Bonchev–Trinajstić information content (AvgIpc) is 2.53. The number of nitrogens with two attached hydrogens (primary N) is 1. The summed E-state index contributed by atoms with van der Waals surface area (Å²) in [7, 11) is 0. The number of halogens is 1.